The van der Waals surface area contributed by atoms with Crippen LogP contribution in [-0.2, 0) is 4.79 Å². The van der Waals surface area contributed by atoms with Crippen LogP contribution >= 0.6 is 11.5 Å². The van der Waals surface area contributed by atoms with Crippen LogP contribution in [0, 0.1) is 6.92 Å². The lowest BCUT2D eigenvalue weighted by Gasteiger charge is -2.34. The molecule has 1 aliphatic carbocycles. The summed E-state index contributed by atoms with van der Waals surface area (Å²) in [6.45, 7) is 1.84. The number of hydrogen-bond donors (Lipinski definition) is 4. The number of benzene rings is 2. The standard InChI is InChI=1S/C26H29N5O4S/c1-15-7-5-6-10-19(15)31(26(35)23-20(27)21(24(28)33)30-36-23)22(16-11-13-18(32)14-12-16)25(34)29-17-8-3-2-4-9-17/h5-7,10-14,17,22,32H,2-4,8-9,27H2,1H3,(H2,28,33)(H,29,34)/t22-/m0/s1. The Bertz CT molecular complexity index is 1270. The Balaban J connectivity index is 1.85. The molecule has 188 valence electrons. The number of primary amides is 1. The summed E-state index contributed by atoms with van der Waals surface area (Å²) >= 11 is 0.765. The van der Waals surface area contributed by atoms with Gasteiger partial charge in [0, 0.05) is 11.7 Å². The van der Waals surface area contributed by atoms with Crippen molar-refractivity contribution in [2.45, 2.75) is 51.1 Å². The van der Waals surface area contributed by atoms with Crippen molar-refractivity contribution >= 4 is 40.6 Å². The van der Waals surface area contributed by atoms with Crippen molar-refractivity contribution in [3.63, 3.8) is 0 Å². The number of nitrogens with zero attached hydrogens (tertiary/aromatic N) is 2. The highest BCUT2D eigenvalue weighted by Gasteiger charge is 2.37. The van der Waals surface area contributed by atoms with Gasteiger partial charge in [-0.2, -0.15) is 4.37 Å². The maximum atomic E-state index is 14.1. The zero-order chi connectivity index (χ0) is 25.8. The Labute approximate surface area is 213 Å². The van der Waals surface area contributed by atoms with Crippen LogP contribution in [0.2, 0.25) is 0 Å². The van der Waals surface area contributed by atoms with Gasteiger partial charge in [-0.25, -0.2) is 0 Å². The molecule has 0 aliphatic heterocycles. The molecule has 1 aliphatic rings. The summed E-state index contributed by atoms with van der Waals surface area (Å²) in [6, 6.07) is 12.3. The zero-order valence-corrected chi connectivity index (χ0v) is 20.8. The smallest absolute Gasteiger partial charge is 0.273 e. The van der Waals surface area contributed by atoms with Gasteiger partial charge in [-0.15, -0.1) is 0 Å². The molecule has 0 radical (unpaired) electrons. The van der Waals surface area contributed by atoms with Gasteiger partial charge in [0.25, 0.3) is 11.8 Å². The number of aromatic nitrogens is 1. The van der Waals surface area contributed by atoms with Crippen LogP contribution in [0.1, 0.15) is 69.4 Å². The highest BCUT2D eigenvalue weighted by Crippen LogP contribution is 2.35. The molecular weight excluding hydrogens is 478 g/mol. The summed E-state index contributed by atoms with van der Waals surface area (Å²) in [6.07, 6.45) is 4.94. The Morgan fingerprint density at radius 3 is 2.36 bits per heavy atom. The lowest BCUT2D eigenvalue weighted by molar-refractivity contribution is -0.123. The molecule has 1 saturated carbocycles. The van der Waals surface area contributed by atoms with E-state index in [0.717, 1.165) is 49.2 Å². The predicted octanol–water partition coefficient (Wildman–Crippen LogP) is 3.68. The van der Waals surface area contributed by atoms with Crippen molar-refractivity contribution in [3.05, 3.63) is 70.2 Å². The molecule has 6 N–H and O–H groups in total. The maximum Gasteiger partial charge on any atom is 0.273 e. The van der Waals surface area contributed by atoms with E-state index in [4.69, 9.17) is 11.5 Å². The molecule has 1 fully saturated rings. The summed E-state index contributed by atoms with van der Waals surface area (Å²) in [4.78, 5) is 41.1. The normalized spacial score (nSPS) is 14.7. The quantitative estimate of drug-likeness (QED) is 0.383. The van der Waals surface area contributed by atoms with Crippen molar-refractivity contribution in [1.29, 1.82) is 0 Å². The molecule has 1 aromatic heterocycles. The van der Waals surface area contributed by atoms with E-state index >= 15 is 0 Å². The molecule has 0 bridgehead atoms. The van der Waals surface area contributed by atoms with Gasteiger partial charge in [-0.1, -0.05) is 49.6 Å². The third-order valence-corrected chi connectivity index (χ3v) is 7.27. The summed E-state index contributed by atoms with van der Waals surface area (Å²) in [7, 11) is 0. The molecule has 3 aromatic rings. The van der Waals surface area contributed by atoms with Crippen LogP contribution in [0.5, 0.6) is 5.75 Å². The minimum atomic E-state index is -1.07. The lowest BCUT2D eigenvalue weighted by atomic mass is 9.94. The van der Waals surface area contributed by atoms with Crippen LogP contribution in [0.15, 0.2) is 48.5 Å². The fourth-order valence-corrected chi connectivity index (χ4v) is 5.28. The second kappa shape index (κ2) is 10.8. The Kier molecular flexibility index (Phi) is 7.54. The van der Waals surface area contributed by atoms with Gasteiger partial charge >= 0.3 is 0 Å². The summed E-state index contributed by atoms with van der Waals surface area (Å²) in [5.41, 5.74) is 13.0. The highest BCUT2D eigenvalue weighted by atomic mass is 32.1. The first-order valence-electron chi connectivity index (χ1n) is 11.8. The Morgan fingerprint density at radius 2 is 1.75 bits per heavy atom. The minimum Gasteiger partial charge on any atom is -0.508 e. The van der Waals surface area contributed by atoms with Crippen LogP contribution < -0.4 is 21.7 Å². The summed E-state index contributed by atoms with van der Waals surface area (Å²) < 4.78 is 3.98. The lowest BCUT2D eigenvalue weighted by Crippen LogP contribution is -2.47. The van der Waals surface area contributed by atoms with Crippen LogP contribution in [-0.4, -0.2) is 33.2 Å². The number of para-hydroxylation sites is 1. The second-order valence-electron chi connectivity index (χ2n) is 8.94. The van der Waals surface area contributed by atoms with Gasteiger partial charge in [-0.05, 0) is 60.6 Å². The fraction of sp³-hybridized carbons (Fsp3) is 0.308. The number of nitrogens with two attached hydrogens (primary N) is 2. The first-order valence-corrected chi connectivity index (χ1v) is 12.6. The van der Waals surface area contributed by atoms with Crippen molar-refractivity contribution < 1.29 is 19.5 Å². The van der Waals surface area contributed by atoms with E-state index in [-0.39, 0.29) is 34.0 Å². The molecule has 2 aromatic carbocycles. The average molecular weight is 508 g/mol. The van der Waals surface area contributed by atoms with Crippen LogP contribution in [0.25, 0.3) is 0 Å². The number of hydrogen-bond acceptors (Lipinski definition) is 7. The molecule has 1 atom stereocenters. The van der Waals surface area contributed by atoms with Gasteiger partial charge in [0.2, 0.25) is 5.91 Å². The number of aryl methyl sites for hydroxylation is 1. The molecule has 4 rings (SSSR count). The molecule has 0 saturated heterocycles. The van der Waals surface area contributed by atoms with Crippen molar-refractivity contribution in [1.82, 2.24) is 9.69 Å². The highest BCUT2D eigenvalue weighted by molar-refractivity contribution is 7.09. The molecule has 0 spiro atoms. The van der Waals surface area contributed by atoms with E-state index < -0.39 is 17.9 Å². The number of aromatic hydroxyl groups is 1. The Morgan fingerprint density at radius 1 is 1.08 bits per heavy atom. The predicted molar refractivity (Wildman–Crippen MR) is 139 cm³/mol. The van der Waals surface area contributed by atoms with Gasteiger partial charge in [0.15, 0.2) is 5.69 Å². The Hall–Kier alpha value is -3.92. The third-order valence-electron chi connectivity index (χ3n) is 6.42. The van der Waals surface area contributed by atoms with E-state index in [0.29, 0.717) is 11.3 Å². The number of carbonyl (C=O) groups is 3. The molecule has 10 heteroatoms. The number of nitrogen functional groups attached to an aromatic ring is 1. The number of carbonyl (C=O) groups excluding carboxylic acids is 3. The van der Waals surface area contributed by atoms with E-state index in [9.17, 15) is 19.5 Å². The van der Waals surface area contributed by atoms with Crippen molar-refractivity contribution in [3.8, 4) is 5.75 Å². The number of phenolic OH excluding ortho intramolecular Hbond substituents is 1. The number of nitrogens with one attached hydrogen (secondary N) is 1. The minimum absolute atomic E-state index is 0.00891. The third kappa shape index (κ3) is 5.18. The number of rotatable bonds is 7. The SMILES string of the molecule is Cc1ccccc1N(C(=O)c1snc(C(N)=O)c1N)[C@H](C(=O)NC1CCCCC1)c1ccc(O)cc1. The number of phenols is 1. The van der Waals surface area contributed by atoms with E-state index in [1.165, 1.54) is 17.0 Å². The first-order chi connectivity index (χ1) is 17.3. The molecule has 0 unspecified atom stereocenters. The maximum absolute atomic E-state index is 14.1. The monoisotopic (exact) mass is 507 g/mol. The van der Waals surface area contributed by atoms with E-state index in [1.807, 2.05) is 19.1 Å². The fourth-order valence-electron chi connectivity index (χ4n) is 4.54. The summed E-state index contributed by atoms with van der Waals surface area (Å²) in [5, 5.41) is 13.0. The van der Waals surface area contributed by atoms with Crippen molar-refractivity contribution in [2.24, 2.45) is 5.73 Å². The van der Waals surface area contributed by atoms with Crippen LogP contribution in [0.3, 0.4) is 0 Å². The summed E-state index contributed by atoms with van der Waals surface area (Å²) in [5.74, 6) is -1.72. The number of amides is 3. The first kappa shape index (κ1) is 25.2. The van der Waals surface area contributed by atoms with Crippen molar-refractivity contribution in [2.75, 3.05) is 10.6 Å². The molecule has 1 heterocycles. The van der Waals surface area contributed by atoms with Gasteiger partial charge in [0.05, 0.1) is 5.69 Å². The van der Waals surface area contributed by atoms with Gasteiger partial charge < -0.3 is 21.9 Å². The molecule has 36 heavy (non-hydrogen) atoms. The van der Waals surface area contributed by atoms with Gasteiger partial charge in [-0.3, -0.25) is 19.3 Å². The zero-order valence-electron chi connectivity index (χ0n) is 19.9. The molecule has 9 nitrogen and oxygen atoms in total. The second-order valence-corrected chi connectivity index (χ2v) is 9.71. The van der Waals surface area contributed by atoms with Crippen LogP contribution in [0.4, 0.5) is 11.4 Å². The largest absolute Gasteiger partial charge is 0.508 e. The van der Waals surface area contributed by atoms with Gasteiger partial charge in [0.1, 0.15) is 16.7 Å². The van der Waals surface area contributed by atoms with E-state index in [1.54, 1.807) is 24.3 Å². The molecular formula is C26H29N5O4S. The molecule has 3 amide bonds. The average Bonchev–Trinajstić information content (AvgIpc) is 3.25. The topological polar surface area (TPSA) is 152 Å². The van der Waals surface area contributed by atoms with E-state index in [2.05, 4.69) is 9.69 Å². The number of anilines is 2.